The first kappa shape index (κ1) is 17.1. The van der Waals surface area contributed by atoms with Gasteiger partial charge in [-0.05, 0) is 13.8 Å². The number of aliphatic hydroxyl groups excluding tert-OH is 2. The number of carbonyl (C=O) groups is 2. The van der Waals surface area contributed by atoms with E-state index in [1.54, 1.807) is 0 Å². The molecule has 0 aliphatic carbocycles. The van der Waals surface area contributed by atoms with Crippen molar-refractivity contribution < 1.29 is 38.7 Å². The summed E-state index contributed by atoms with van der Waals surface area (Å²) in [6, 6.07) is 0. The molecule has 0 aromatic heterocycles. The topological polar surface area (TPSA) is 112 Å². The van der Waals surface area contributed by atoms with Crippen LogP contribution in [0.3, 0.4) is 0 Å². The lowest BCUT2D eigenvalue weighted by Gasteiger charge is -2.17. The Labute approximate surface area is 128 Å². The van der Waals surface area contributed by atoms with Crippen LogP contribution in [0.15, 0.2) is 0 Å². The molecule has 0 aromatic rings. The highest BCUT2D eigenvalue weighted by Gasteiger charge is 2.51. The zero-order valence-corrected chi connectivity index (χ0v) is 12.6. The van der Waals surface area contributed by atoms with Gasteiger partial charge in [-0.15, -0.1) is 0 Å². The molecule has 0 bridgehead atoms. The fourth-order valence-corrected chi connectivity index (χ4v) is 2.55. The van der Waals surface area contributed by atoms with Gasteiger partial charge in [-0.1, -0.05) is 0 Å². The van der Waals surface area contributed by atoms with Crippen molar-refractivity contribution in [2.75, 3.05) is 13.2 Å². The van der Waals surface area contributed by atoms with Gasteiger partial charge in [0.1, 0.15) is 12.2 Å². The lowest BCUT2D eigenvalue weighted by molar-refractivity contribution is -0.157. The molecule has 2 rings (SSSR count). The summed E-state index contributed by atoms with van der Waals surface area (Å²) >= 11 is 0. The maximum atomic E-state index is 11.6. The smallest absolute Gasteiger partial charge is 0.308 e. The Hall–Kier alpha value is -1.22. The Morgan fingerprint density at radius 3 is 1.64 bits per heavy atom. The highest BCUT2D eigenvalue weighted by molar-refractivity contribution is 5.70. The van der Waals surface area contributed by atoms with E-state index in [1.807, 2.05) is 0 Å². The Morgan fingerprint density at radius 2 is 1.32 bits per heavy atom. The molecule has 8 nitrogen and oxygen atoms in total. The maximum Gasteiger partial charge on any atom is 0.308 e. The molecule has 2 N–H and O–H groups in total. The number of fused-ring (bicyclic) bond motifs is 1. The molecule has 22 heavy (non-hydrogen) atoms. The minimum absolute atomic E-state index is 0.0965. The summed E-state index contributed by atoms with van der Waals surface area (Å²) in [5, 5.41) is 18.3. The largest absolute Gasteiger partial charge is 0.457 e. The molecule has 2 unspecified atom stereocenters. The van der Waals surface area contributed by atoms with Gasteiger partial charge in [0.05, 0.1) is 38.3 Å². The van der Waals surface area contributed by atoms with Crippen molar-refractivity contribution in [2.45, 2.75) is 63.3 Å². The van der Waals surface area contributed by atoms with Gasteiger partial charge < -0.3 is 29.2 Å². The van der Waals surface area contributed by atoms with Crippen LogP contribution in [0.2, 0.25) is 0 Å². The first-order valence-electron chi connectivity index (χ1n) is 7.35. The third-order valence-electron chi connectivity index (χ3n) is 3.45. The minimum atomic E-state index is -0.774. The number of hydrogen-bond donors (Lipinski definition) is 2. The van der Waals surface area contributed by atoms with Crippen LogP contribution in [-0.4, -0.2) is 72.0 Å². The van der Waals surface area contributed by atoms with Crippen LogP contribution in [0.25, 0.3) is 0 Å². The van der Waals surface area contributed by atoms with E-state index in [4.69, 9.17) is 29.2 Å². The van der Waals surface area contributed by atoms with Crippen LogP contribution in [-0.2, 0) is 28.5 Å². The van der Waals surface area contributed by atoms with Gasteiger partial charge in [-0.3, -0.25) is 9.59 Å². The van der Waals surface area contributed by atoms with Crippen molar-refractivity contribution >= 4 is 11.9 Å². The van der Waals surface area contributed by atoms with Crippen molar-refractivity contribution in [3.05, 3.63) is 0 Å². The molecule has 0 radical (unpaired) electrons. The van der Waals surface area contributed by atoms with Gasteiger partial charge in [0.25, 0.3) is 0 Å². The molecule has 6 atom stereocenters. The first-order chi connectivity index (χ1) is 10.4. The number of ether oxygens (including phenoxy) is 4. The molecular weight excluding hydrogens is 296 g/mol. The molecule has 0 saturated carbocycles. The van der Waals surface area contributed by atoms with Crippen LogP contribution in [0.4, 0.5) is 0 Å². The standard InChI is InChI=1S/C14H22O8/c1-7(15)3-11(17)21-9-5-19-14-10(6-20-13(9)14)22-12(18)4-8(2)16/h7-10,13-16H,3-6H2,1-2H3/t7?,8?,9-,10+,13-,14-/m1/s1. The molecule has 2 aliphatic heterocycles. The van der Waals surface area contributed by atoms with E-state index >= 15 is 0 Å². The molecule has 2 saturated heterocycles. The average molecular weight is 318 g/mol. The zero-order valence-electron chi connectivity index (χ0n) is 12.6. The molecule has 0 aromatic carbocycles. The second-order valence-electron chi connectivity index (χ2n) is 5.76. The summed E-state index contributed by atoms with van der Waals surface area (Å²) in [6.45, 7) is 3.31. The second kappa shape index (κ2) is 7.36. The van der Waals surface area contributed by atoms with E-state index < -0.39 is 48.6 Å². The van der Waals surface area contributed by atoms with Crippen LogP contribution in [0.1, 0.15) is 26.7 Å². The van der Waals surface area contributed by atoms with E-state index in [9.17, 15) is 9.59 Å². The summed E-state index contributed by atoms with van der Waals surface area (Å²) in [5.74, 6) is -1.05. The summed E-state index contributed by atoms with van der Waals surface area (Å²) in [4.78, 5) is 23.1. The van der Waals surface area contributed by atoms with Crippen LogP contribution >= 0.6 is 0 Å². The molecule has 2 heterocycles. The second-order valence-corrected chi connectivity index (χ2v) is 5.76. The Balaban J connectivity index is 1.83. The van der Waals surface area contributed by atoms with Gasteiger partial charge in [-0.25, -0.2) is 0 Å². The number of esters is 2. The Kier molecular flexibility index (Phi) is 5.74. The van der Waals surface area contributed by atoms with E-state index in [0.717, 1.165) is 0 Å². The lowest BCUT2D eigenvalue weighted by atomic mass is 10.1. The third kappa shape index (κ3) is 4.39. The molecule has 126 valence electrons. The summed E-state index contributed by atoms with van der Waals surface area (Å²) in [7, 11) is 0. The fourth-order valence-electron chi connectivity index (χ4n) is 2.55. The zero-order chi connectivity index (χ0) is 16.3. The van der Waals surface area contributed by atoms with E-state index in [0.29, 0.717) is 0 Å². The van der Waals surface area contributed by atoms with Crippen LogP contribution in [0, 0.1) is 0 Å². The number of hydrogen-bond acceptors (Lipinski definition) is 8. The minimum Gasteiger partial charge on any atom is -0.457 e. The quantitative estimate of drug-likeness (QED) is 0.609. The molecular formula is C14H22O8. The van der Waals surface area contributed by atoms with E-state index in [2.05, 4.69) is 0 Å². The van der Waals surface area contributed by atoms with Crippen molar-refractivity contribution in [3.8, 4) is 0 Å². The average Bonchev–Trinajstić information content (AvgIpc) is 2.92. The predicted octanol–water partition coefficient (Wildman–Crippen LogP) is -0.851. The predicted molar refractivity (Wildman–Crippen MR) is 71.8 cm³/mol. The molecule has 2 fully saturated rings. The van der Waals surface area contributed by atoms with Crippen LogP contribution in [0.5, 0.6) is 0 Å². The first-order valence-corrected chi connectivity index (χ1v) is 7.35. The molecule has 2 aliphatic rings. The Morgan fingerprint density at radius 1 is 0.955 bits per heavy atom. The van der Waals surface area contributed by atoms with E-state index in [-0.39, 0.29) is 26.1 Å². The van der Waals surface area contributed by atoms with Gasteiger partial charge in [0.15, 0.2) is 12.2 Å². The fraction of sp³-hybridized carbons (Fsp3) is 0.857. The molecule has 8 heteroatoms. The summed E-state index contributed by atoms with van der Waals surface area (Å²) < 4.78 is 21.5. The number of aliphatic hydroxyl groups is 2. The maximum absolute atomic E-state index is 11.6. The molecule has 0 amide bonds. The highest BCUT2D eigenvalue weighted by Crippen LogP contribution is 2.31. The van der Waals surface area contributed by atoms with Gasteiger partial charge in [-0.2, -0.15) is 0 Å². The summed E-state index contributed by atoms with van der Waals surface area (Å²) in [6.07, 6.45) is -3.85. The number of rotatable bonds is 6. The van der Waals surface area contributed by atoms with E-state index in [1.165, 1.54) is 13.8 Å². The highest BCUT2D eigenvalue weighted by atomic mass is 16.7. The van der Waals surface area contributed by atoms with Gasteiger partial charge >= 0.3 is 11.9 Å². The SMILES string of the molecule is CC(O)CC(=O)O[C@H]1CO[C@H]2[C@@H]1OC[C@H]2OC(=O)CC(C)O. The van der Waals surface area contributed by atoms with Crippen molar-refractivity contribution in [1.82, 2.24) is 0 Å². The Bertz CT molecular complexity index is 370. The lowest BCUT2D eigenvalue weighted by Crippen LogP contribution is -2.36. The summed E-state index contributed by atoms with van der Waals surface area (Å²) in [5.41, 5.74) is 0. The van der Waals surface area contributed by atoms with Crippen LogP contribution < -0.4 is 0 Å². The van der Waals surface area contributed by atoms with Crippen molar-refractivity contribution in [3.63, 3.8) is 0 Å². The van der Waals surface area contributed by atoms with Crippen molar-refractivity contribution in [2.24, 2.45) is 0 Å². The monoisotopic (exact) mass is 318 g/mol. The van der Waals surface area contributed by atoms with Gasteiger partial charge in [0, 0.05) is 0 Å². The normalized spacial score (nSPS) is 33.1. The third-order valence-corrected chi connectivity index (χ3v) is 3.45. The van der Waals surface area contributed by atoms with Crippen molar-refractivity contribution in [1.29, 1.82) is 0 Å². The molecule has 0 spiro atoms. The van der Waals surface area contributed by atoms with Gasteiger partial charge in [0.2, 0.25) is 0 Å². The number of carbonyl (C=O) groups excluding carboxylic acids is 2.